The smallest absolute Gasteiger partial charge is 0.263 e. The van der Waals surface area contributed by atoms with Gasteiger partial charge in [-0.1, -0.05) is 30.3 Å². The maximum atomic E-state index is 13.2. The normalized spacial score (nSPS) is 11.2. The Morgan fingerprint density at radius 2 is 1.81 bits per heavy atom. The summed E-state index contributed by atoms with van der Waals surface area (Å²) in [6.07, 6.45) is 1.49. The number of carbonyl (C=O) groups is 1. The van der Waals surface area contributed by atoms with E-state index in [0.717, 1.165) is 25.8 Å². The third-order valence-corrected chi connectivity index (χ3v) is 6.55. The largest absolute Gasteiger partial charge is 0.292 e. The Balaban J connectivity index is 1.82. The van der Waals surface area contributed by atoms with Gasteiger partial charge in [0, 0.05) is 25.8 Å². The Bertz CT molecular complexity index is 1220. The first-order valence-electron chi connectivity index (χ1n) is 8.60. The summed E-state index contributed by atoms with van der Waals surface area (Å²) in [5, 5.41) is 0.595. The van der Waals surface area contributed by atoms with Gasteiger partial charge in [0.2, 0.25) is 0 Å². The number of nitrogens with zero attached hydrogens (tertiary/aromatic N) is 2. The molecule has 0 N–H and O–H groups in total. The Morgan fingerprint density at radius 1 is 1.07 bits per heavy atom. The van der Waals surface area contributed by atoms with Crippen LogP contribution in [0.5, 0.6) is 0 Å². The van der Waals surface area contributed by atoms with Crippen LogP contribution in [0.2, 0.25) is 0 Å². The highest BCUT2D eigenvalue weighted by molar-refractivity contribution is 7.19. The second kappa shape index (κ2) is 6.87. The van der Waals surface area contributed by atoms with Crippen molar-refractivity contribution in [2.75, 3.05) is 0 Å². The third-order valence-electron chi connectivity index (χ3n) is 4.57. The number of aromatic nitrogens is 2. The maximum absolute atomic E-state index is 13.2. The lowest BCUT2D eigenvalue weighted by Gasteiger charge is -2.06. The Kier molecular flexibility index (Phi) is 4.53. The molecule has 0 atom stereocenters. The summed E-state index contributed by atoms with van der Waals surface area (Å²) >= 11 is 3.11. The molecule has 4 rings (SSSR count). The van der Waals surface area contributed by atoms with Crippen molar-refractivity contribution in [3.8, 4) is 11.1 Å². The molecule has 3 heterocycles. The van der Waals surface area contributed by atoms with Gasteiger partial charge in [-0.2, -0.15) is 0 Å². The molecule has 0 bridgehead atoms. The van der Waals surface area contributed by atoms with E-state index < -0.39 is 0 Å². The summed E-state index contributed by atoms with van der Waals surface area (Å²) in [7, 11) is 0. The second-order valence-corrected chi connectivity index (χ2v) is 9.17. The molecule has 0 aliphatic carbocycles. The number of hydrogen-bond donors (Lipinski definition) is 0. The van der Waals surface area contributed by atoms with Crippen molar-refractivity contribution >= 4 is 38.7 Å². The van der Waals surface area contributed by atoms with Crippen LogP contribution in [-0.4, -0.2) is 15.3 Å². The van der Waals surface area contributed by atoms with Gasteiger partial charge in [0.1, 0.15) is 4.83 Å². The molecular formula is C21H18N2O2S2. The summed E-state index contributed by atoms with van der Waals surface area (Å²) in [6.45, 7) is 5.92. The van der Waals surface area contributed by atoms with Crippen molar-refractivity contribution in [2.24, 2.45) is 0 Å². The molecule has 3 aromatic heterocycles. The predicted octanol–water partition coefficient (Wildman–Crippen LogP) is 4.99. The van der Waals surface area contributed by atoms with Crippen LogP contribution in [0.4, 0.5) is 0 Å². The minimum absolute atomic E-state index is 0.00190. The molecule has 4 aromatic rings. The molecule has 0 saturated heterocycles. The summed E-state index contributed by atoms with van der Waals surface area (Å²) in [5.41, 5.74) is 2.43. The molecule has 0 radical (unpaired) electrons. The molecule has 27 heavy (non-hydrogen) atoms. The average molecular weight is 395 g/mol. The first kappa shape index (κ1) is 17.8. The second-order valence-electron chi connectivity index (χ2n) is 6.51. The zero-order valence-corrected chi connectivity index (χ0v) is 16.9. The highest BCUT2D eigenvalue weighted by atomic mass is 32.1. The molecule has 136 valence electrons. The molecule has 0 saturated carbocycles. The summed E-state index contributed by atoms with van der Waals surface area (Å²) in [5.74, 6) is -0.0617. The molecule has 0 fully saturated rings. The zero-order chi connectivity index (χ0) is 19.1. The molecule has 0 spiro atoms. The third kappa shape index (κ3) is 3.15. The highest BCUT2D eigenvalue weighted by Gasteiger charge is 2.19. The molecule has 0 aliphatic rings. The van der Waals surface area contributed by atoms with E-state index in [9.17, 15) is 9.59 Å². The number of aryl methyl sites for hydroxylation is 3. The van der Waals surface area contributed by atoms with E-state index in [-0.39, 0.29) is 17.9 Å². The predicted molar refractivity (Wildman–Crippen MR) is 112 cm³/mol. The number of ketones is 1. The van der Waals surface area contributed by atoms with Crippen molar-refractivity contribution in [3.63, 3.8) is 0 Å². The van der Waals surface area contributed by atoms with Crippen LogP contribution < -0.4 is 5.56 Å². The monoisotopic (exact) mass is 394 g/mol. The van der Waals surface area contributed by atoms with Gasteiger partial charge in [-0.25, -0.2) is 4.98 Å². The van der Waals surface area contributed by atoms with Crippen LogP contribution in [0.3, 0.4) is 0 Å². The topological polar surface area (TPSA) is 52.0 Å². The van der Waals surface area contributed by atoms with Gasteiger partial charge in [-0.05, 0) is 32.4 Å². The molecule has 0 unspecified atom stereocenters. The van der Waals surface area contributed by atoms with Crippen molar-refractivity contribution in [1.82, 2.24) is 9.55 Å². The number of benzene rings is 1. The molecule has 0 amide bonds. The number of Topliss-reactive ketones (excluding diaryl/α,β-unsaturated/α-hetero) is 1. The summed E-state index contributed by atoms with van der Waals surface area (Å²) in [6, 6.07) is 11.7. The van der Waals surface area contributed by atoms with Crippen LogP contribution >= 0.6 is 22.7 Å². The van der Waals surface area contributed by atoms with Gasteiger partial charge in [-0.3, -0.25) is 14.2 Å². The number of carbonyl (C=O) groups excluding carboxylic acids is 1. The van der Waals surface area contributed by atoms with E-state index in [4.69, 9.17) is 0 Å². The lowest BCUT2D eigenvalue weighted by Crippen LogP contribution is -2.24. The summed E-state index contributed by atoms with van der Waals surface area (Å²) in [4.78, 5) is 34.2. The molecule has 6 heteroatoms. The van der Waals surface area contributed by atoms with Crippen LogP contribution in [-0.2, 0) is 6.54 Å². The maximum Gasteiger partial charge on any atom is 0.263 e. The van der Waals surface area contributed by atoms with E-state index in [2.05, 4.69) is 4.98 Å². The minimum Gasteiger partial charge on any atom is -0.292 e. The molecule has 0 aliphatic heterocycles. The first-order chi connectivity index (χ1) is 13.0. The van der Waals surface area contributed by atoms with Gasteiger partial charge >= 0.3 is 0 Å². The number of hydrogen-bond acceptors (Lipinski definition) is 5. The SMILES string of the molecule is Cc1cc(C(=O)Cn2cnc3sc(C)c(-c4ccccc4)c3c2=O)c(C)s1. The van der Waals surface area contributed by atoms with Crippen molar-refractivity contribution in [2.45, 2.75) is 27.3 Å². The lowest BCUT2D eigenvalue weighted by molar-refractivity contribution is 0.0970. The minimum atomic E-state index is -0.166. The van der Waals surface area contributed by atoms with Gasteiger partial charge in [0.25, 0.3) is 5.56 Å². The first-order valence-corrected chi connectivity index (χ1v) is 10.2. The van der Waals surface area contributed by atoms with Gasteiger partial charge < -0.3 is 0 Å². The van der Waals surface area contributed by atoms with Crippen molar-refractivity contribution in [1.29, 1.82) is 0 Å². The van der Waals surface area contributed by atoms with Crippen LogP contribution in [0.1, 0.15) is 25.0 Å². The lowest BCUT2D eigenvalue weighted by atomic mass is 10.0. The molecule has 4 nitrogen and oxygen atoms in total. The van der Waals surface area contributed by atoms with Gasteiger partial charge in [0.15, 0.2) is 5.78 Å². The Hall–Kier alpha value is -2.57. The average Bonchev–Trinajstić information content (AvgIpc) is 3.16. The molecular weight excluding hydrogens is 376 g/mol. The summed E-state index contributed by atoms with van der Waals surface area (Å²) < 4.78 is 1.43. The quantitative estimate of drug-likeness (QED) is 0.458. The van der Waals surface area contributed by atoms with E-state index in [0.29, 0.717) is 15.8 Å². The van der Waals surface area contributed by atoms with Crippen LogP contribution in [0.25, 0.3) is 21.3 Å². The highest BCUT2D eigenvalue weighted by Crippen LogP contribution is 2.35. The van der Waals surface area contributed by atoms with Crippen molar-refractivity contribution in [3.05, 3.63) is 73.3 Å². The Morgan fingerprint density at radius 3 is 2.48 bits per heavy atom. The van der Waals surface area contributed by atoms with E-state index in [1.54, 1.807) is 11.3 Å². The Labute approximate surface area is 164 Å². The van der Waals surface area contributed by atoms with Crippen molar-refractivity contribution < 1.29 is 4.79 Å². The van der Waals surface area contributed by atoms with E-state index in [1.165, 1.54) is 22.2 Å². The zero-order valence-electron chi connectivity index (χ0n) is 15.3. The fourth-order valence-electron chi connectivity index (χ4n) is 3.35. The van der Waals surface area contributed by atoms with Crippen LogP contribution in [0.15, 0.2) is 47.5 Å². The number of fused-ring (bicyclic) bond motifs is 1. The van der Waals surface area contributed by atoms with E-state index in [1.807, 2.05) is 57.2 Å². The number of rotatable bonds is 4. The van der Waals surface area contributed by atoms with Gasteiger partial charge in [-0.15, -0.1) is 22.7 Å². The van der Waals surface area contributed by atoms with Gasteiger partial charge in [0.05, 0.1) is 18.3 Å². The van der Waals surface area contributed by atoms with Crippen LogP contribution in [0, 0.1) is 20.8 Å². The molecule has 1 aromatic carbocycles. The number of thiophene rings is 2. The fourth-order valence-corrected chi connectivity index (χ4v) is 5.30. The van der Waals surface area contributed by atoms with E-state index >= 15 is 0 Å². The standard InChI is InChI=1S/C21H18N2O2S2/c1-12-9-16(13(2)26-12)17(24)10-23-11-22-20-19(21(23)25)18(14(3)27-20)15-7-5-4-6-8-15/h4-9,11H,10H2,1-3H3. The fraction of sp³-hybridized carbons (Fsp3) is 0.190.